The van der Waals surface area contributed by atoms with Gasteiger partial charge in [-0.3, -0.25) is 0 Å². The van der Waals surface area contributed by atoms with Crippen molar-refractivity contribution in [3.05, 3.63) is 41.5 Å². The maximum Gasteiger partial charge on any atom is 0.407 e. The SMILES string of the molecule is Nc1nc(-c2ccccc2O)cc(C2CCCN(C(=O)O)C2)c1CCO. The standard InChI is InChI=1S/C19H23N3O4/c20-18-13(7-9-23)15(12-4-3-8-22(11-12)19(25)26)10-16(21-18)14-5-1-2-6-17(14)24/h1-2,5-6,10,12,23-24H,3-4,7-9,11H2,(H2,20,21)(H,25,26). The molecule has 2 aromatic rings. The van der Waals surface area contributed by atoms with Gasteiger partial charge in [-0.05, 0) is 43.0 Å². The van der Waals surface area contributed by atoms with Crippen LogP contribution in [0.3, 0.4) is 0 Å². The number of amides is 1. The van der Waals surface area contributed by atoms with Crippen molar-refractivity contribution in [2.75, 3.05) is 25.4 Å². The molecule has 1 amide bonds. The minimum absolute atomic E-state index is 0.0173. The van der Waals surface area contributed by atoms with Gasteiger partial charge in [0.15, 0.2) is 0 Å². The van der Waals surface area contributed by atoms with E-state index in [0.717, 1.165) is 24.0 Å². The Hall–Kier alpha value is -2.80. The third kappa shape index (κ3) is 3.57. The molecule has 2 heterocycles. The van der Waals surface area contributed by atoms with E-state index in [1.807, 2.05) is 6.07 Å². The number of hydrogen-bond acceptors (Lipinski definition) is 5. The Balaban J connectivity index is 2.06. The van der Waals surface area contributed by atoms with Crippen molar-refractivity contribution in [2.45, 2.75) is 25.2 Å². The number of aromatic nitrogens is 1. The van der Waals surface area contributed by atoms with Crippen molar-refractivity contribution in [3.63, 3.8) is 0 Å². The first kappa shape index (κ1) is 18.0. The second-order valence-corrected chi connectivity index (χ2v) is 6.52. The zero-order valence-corrected chi connectivity index (χ0v) is 14.4. The third-order valence-electron chi connectivity index (χ3n) is 4.86. The van der Waals surface area contributed by atoms with Crippen molar-refractivity contribution in [3.8, 4) is 17.0 Å². The summed E-state index contributed by atoms with van der Waals surface area (Å²) >= 11 is 0. The lowest BCUT2D eigenvalue weighted by Gasteiger charge is -2.32. The highest BCUT2D eigenvalue weighted by molar-refractivity contribution is 5.70. The Kier molecular flexibility index (Phi) is 5.27. The summed E-state index contributed by atoms with van der Waals surface area (Å²) in [6.45, 7) is 0.843. The summed E-state index contributed by atoms with van der Waals surface area (Å²) in [5.74, 6) is 0.398. The van der Waals surface area contributed by atoms with E-state index in [1.165, 1.54) is 4.90 Å². The second kappa shape index (κ2) is 7.61. The summed E-state index contributed by atoms with van der Waals surface area (Å²) in [5, 5.41) is 28.9. The molecule has 0 spiro atoms. The van der Waals surface area contributed by atoms with Crippen molar-refractivity contribution in [1.82, 2.24) is 9.88 Å². The number of likely N-dealkylation sites (tertiary alicyclic amines) is 1. The third-order valence-corrected chi connectivity index (χ3v) is 4.86. The molecule has 7 nitrogen and oxygen atoms in total. The van der Waals surface area contributed by atoms with Gasteiger partial charge in [-0.1, -0.05) is 12.1 Å². The van der Waals surface area contributed by atoms with Crippen LogP contribution in [-0.2, 0) is 6.42 Å². The van der Waals surface area contributed by atoms with Crippen molar-refractivity contribution in [2.24, 2.45) is 0 Å². The molecule has 1 unspecified atom stereocenters. The van der Waals surface area contributed by atoms with Gasteiger partial charge in [-0.25, -0.2) is 9.78 Å². The molecular formula is C19H23N3O4. The van der Waals surface area contributed by atoms with E-state index in [9.17, 15) is 20.1 Å². The van der Waals surface area contributed by atoms with Crippen LogP contribution in [0, 0.1) is 0 Å². The molecule has 1 aromatic heterocycles. The first-order valence-corrected chi connectivity index (χ1v) is 8.67. The molecular weight excluding hydrogens is 334 g/mol. The van der Waals surface area contributed by atoms with Gasteiger partial charge >= 0.3 is 6.09 Å². The average Bonchev–Trinajstić information content (AvgIpc) is 2.64. The van der Waals surface area contributed by atoms with Crippen LogP contribution in [-0.4, -0.2) is 51.0 Å². The number of piperidine rings is 1. The van der Waals surface area contributed by atoms with Crippen molar-refractivity contribution < 1.29 is 20.1 Å². The lowest BCUT2D eigenvalue weighted by Crippen LogP contribution is -2.38. The van der Waals surface area contributed by atoms with Gasteiger partial charge in [0.25, 0.3) is 0 Å². The summed E-state index contributed by atoms with van der Waals surface area (Å²) in [4.78, 5) is 17.2. The fourth-order valence-corrected chi connectivity index (χ4v) is 3.59. The molecule has 1 atom stereocenters. The Morgan fingerprint density at radius 2 is 2.12 bits per heavy atom. The van der Waals surface area contributed by atoms with Gasteiger partial charge in [0.1, 0.15) is 11.6 Å². The number of benzene rings is 1. The minimum atomic E-state index is -0.929. The van der Waals surface area contributed by atoms with Crippen LogP contribution in [0.5, 0.6) is 5.75 Å². The zero-order valence-electron chi connectivity index (χ0n) is 14.4. The molecule has 5 N–H and O–H groups in total. The number of para-hydroxylation sites is 1. The Labute approximate surface area is 151 Å². The van der Waals surface area contributed by atoms with Gasteiger partial charge in [-0.2, -0.15) is 0 Å². The lowest BCUT2D eigenvalue weighted by molar-refractivity contribution is 0.130. The van der Waals surface area contributed by atoms with Crippen LogP contribution < -0.4 is 5.73 Å². The number of aliphatic hydroxyl groups excluding tert-OH is 1. The molecule has 0 saturated carbocycles. The summed E-state index contributed by atoms with van der Waals surface area (Å²) in [6, 6.07) is 8.75. The summed E-state index contributed by atoms with van der Waals surface area (Å²) < 4.78 is 0. The number of nitrogens with two attached hydrogens (primary N) is 1. The second-order valence-electron chi connectivity index (χ2n) is 6.52. The highest BCUT2D eigenvalue weighted by Crippen LogP contribution is 2.36. The number of carbonyl (C=O) groups is 1. The smallest absolute Gasteiger partial charge is 0.407 e. The fourth-order valence-electron chi connectivity index (χ4n) is 3.59. The number of rotatable bonds is 4. The van der Waals surface area contributed by atoms with Gasteiger partial charge in [0, 0.05) is 36.7 Å². The highest BCUT2D eigenvalue weighted by Gasteiger charge is 2.27. The summed E-state index contributed by atoms with van der Waals surface area (Å²) in [6.07, 6.45) is 1.04. The average molecular weight is 357 g/mol. The molecule has 1 aliphatic rings. The predicted octanol–water partition coefficient (Wildman–Crippen LogP) is 2.43. The van der Waals surface area contributed by atoms with E-state index in [-0.39, 0.29) is 18.3 Å². The lowest BCUT2D eigenvalue weighted by atomic mass is 9.86. The van der Waals surface area contributed by atoms with Crippen LogP contribution in [0.2, 0.25) is 0 Å². The molecule has 0 bridgehead atoms. The number of aromatic hydroxyl groups is 1. The normalized spacial score (nSPS) is 17.3. The first-order valence-electron chi connectivity index (χ1n) is 8.67. The number of phenolic OH excluding ortho intramolecular Hbond substituents is 1. The Morgan fingerprint density at radius 3 is 2.81 bits per heavy atom. The number of phenols is 1. The van der Waals surface area contributed by atoms with Crippen LogP contribution in [0.4, 0.5) is 10.6 Å². The molecule has 138 valence electrons. The maximum absolute atomic E-state index is 11.4. The number of aliphatic hydroxyl groups is 1. The highest BCUT2D eigenvalue weighted by atomic mass is 16.4. The Morgan fingerprint density at radius 1 is 1.35 bits per heavy atom. The van der Waals surface area contributed by atoms with Gasteiger partial charge < -0.3 is 26.0 Å². The first-order chi connectivity index (χ1) is 12.5. The molecule has 1 aromatic carbocycles. The number of nitrogens with zero attached hydrogens (tertiary/aromatic N) is 2. The molecule has 1 fully saturated rings. The largest absolute Gasteiger partial charge is 0.507 e. The number of anilines is 1. The van der Waals surface area contributed by atoms with Crippen LogP contribution >= 0.6 is 0 Å². The molecule has 3 rings (SSSR count). The maximum atomic E-state index is 11.4. The predicted molar refractivity (Wildman–Crippen MR) is 98.1 cm³/mol. The van der Waals surface area contributed by atoms with Crippen molar-refractivity contribution >= 4 is 11.9 Å². The van der Waals surface area contributed by atoms with Gasteiger partial charge in [0.2, 0.25) is 0 Å². The molecule has 1 aliphatic heterocycles. The molecule has 0 aliphatic carbocycles. The minimum Gasteiger partial charge on any atom is -0.507 e. The summed E-state index contributed by atoms with van der Waals surface area (Å²) in [7, 11) is 0. The van der Waals surface area contributed by atoms with Crippen LogP contribution in [0.25, 0.3) is 11.3 Å². The number of carboxylic acid groups (broad SMARTS) is 1. The number of nitrogen functional groups attached to an aromatic ring is 1. The topological polar surface area (TPSA) is 120 Å². The fraction of sp³-hybridized carbons (Fsp3) is 0.368. The number of pyridine rings is 1. The monoisotopic (exact) mass is 357 g/mol. The van der Waals surface area contributed by atoms with E-state index in [4.69, 9.17) is 5.73 Å². The van der Waals surface area contributed by atoms with Crippen LogP contribution in [0.1, 0.15) is 29.9 Å². The van der Waals surface area contributed by atoms with E-state index in [2.05, 4.69) is 4.98 Å². The zero-order chi connectivity index (χ0) is 18.7. The van der Waals surface area contributed by atoms with E-state index < -0.39 is 6.09 Å². The quantitative estimate of drug-likeness (QED) is 0.667. The van der Waals surface area contributed by atoms with E-state index in [0.29, 0.717) is 36.6 Å². The van der Waals surface area contributed by atoms with Crippen LogP contribution in [0.15, 0.2) is 30.3 Å². The number of hydrogen-bond donors (Lipinski definition) is 4. The van der Waals surface area contributed by atoms with E-state index >= 15 is 0 Å². The van der Waals surface area contributed by atoms with Gasteiger partial charge in [-0.15, -0.1) is 0 Å². The molecule has 26 heavy (non-hydrogen) atoms. The molecule has 7 heteroatoms. The summed E-state index contributed by atoms with van der Waals surface area (Å²) in [5.41, 5.74) is 8.93. The molecule has 1 saturated heterocycles. The van der Waals surface area contributed by atoms with Crippen molar-refractivity contribution in [1.29, 1.82) is 0 Å². The molecule has 0 radical (unpaired) electrons. The van der Waals surface area contributed by atoms with E-state index in [1.54, 1.807) is 24.3 Å². The van der Waals surface area contributed by atoms with Gasteiger partial charge in [0.05, 0.1) is 5.69 Å². The Bertz CT molecular complexity index is 809.